The molecule has 0 saturated carbocycles. The second-order valence-corrected chi connectivity index (χ2v) is 3.64. The Balaban J connectivity index is 3.81. The van der Waals surface area contributed by atoms with E-state index in [1.807, 2.05) is 0 Å². The van der Waals surface area contributed by atoms with Crippen LogP contribution >= 0.6 is 0 Å². The maximum absolute atomic E-state index is 5.84. The highest BCUT2D eigenvalue weighted by Crippen LogP contribution is 2.08. The summed E-state index contributed by atoms with van der Waals surface area (Å²) in [5.74, 6) is 0.967. The zero-order valence-corrected chi connectivity index (χ0v) is 7.46. The van der Waals surface area contributed by atoms with E-state index in [0.717, 1.165) is 0 Å². The van der Waals surface area contributed by atoms with Crippen LogP contribution < -0.4 is 11.5 Å². The summed E-state index contributed by atoms with van der Waals surface area (Å²) in [6, 6.07) is 0.278. The van der Waals surface area contributed by atoms with Gasteiger partial charge in [0.25, 0.3) is 0 Å². The van der Waals surface area contributed by atoms with E-state index >= 15 is 0 Å². The molecule has 0 spiro atoms. The van der Waals surface area contributed by atoms with Crippen molar-refractivity contribution in [3.05, 3.63) is 0 Å². The Morgan fingerprint density at radius 3 is 1.00 bits per heavy atom. The first-order valence-corrected chi connectivity index (χ1v) is 3.98. The summed E-state index contributed by atoms with van der Waals surface area (Å²) < 4.78 is 0. The molecule has 0 aliphatic carbocycles. The Bertz CT molecular complexity index is 77.3. The first-order chi connectivity index (χ1) is 4.46. The molecule has 4 N–H and O–H groups in total. The lowest BCUT2D eigenvalue weighted by Crippen LogP contribution is -2.47. The Labute approximate surface area is 64.0 Å². The molecule has 0 saturated heterocycles. The molecule has 62 valence electrons. The summed E-state index contributed by atoms with van der Waals surface area (Å²) in [4.78, 5) is 0. The van der Waals surface area contributed by atoms with Gasteiger partial charge >= 0.3 is 0 Å². The topological polar surface area (TPSA) is 52.0 Å². The average Bonchev–Trinajstić information content (AvgIpc) is 1.84. The maximum atomic E-state index is 5.84. The molecule has 0 aromatic rings. The summed E-state index contributed by atoms with van der Waals surface area (Å²) >= 11 is 0. The average molecular weight is 144 g/mol. The number of hydrogen-bond acceptors (Lipinski definition) is 2. The normalized spacial score (nSPS) is 18.0. The summed E-state index contributed by atoms with van der Waals surface area (Å²) in [5, 5.41) is 0. The van der Waals surface area contributed by atoms with Gasteiger partial charge in [0.05, 0.1) is 0 Å². The maximum Gasteiger partial charge on any atom is 0.0218 e. The van der Waals surface area contributed by atoms with Crippen LogP contribution in [0.5, 0.6) is 0 Å². The summed E-state index contributed by atoms with van der Waals surface area (Å²) in [7, 11) is 0. The van der Waals surface area contributed by atoms with Crippen LogP contribution in [-0.2, 0) is 0 Å². The van der Waals surface area contributed by atoms with Gasteiger partial charge in [0.2, 0.25) is 0 Å². The fourth-order valence-electron chi connectivity index (χ4n) is 0.889. The van der Waals surface area contributed by atoms with Crippen LogP contribution in [0.3, 0.4) is 0 Å². The highest BCUT2D eigenvalue weighted by atomic mass is 14.8. The molecule has 2 heteroatoms. The van der Waals surface area contributed by atoms with Gasteiger partial charge < -0.3 is 11.5 Å². The predicted octanol–water partition coefficient (Wildman–Crippen LogP) is 0.953. The standard InChI is InChI=1S/C8H20N2/c1-5(2)7(9)8(10)6(3)4/h5-8H,9-10H2,1-4H3/t7-,8-/m0/s1. The van der Waals surface area contributed by atoms with Crippen molar-refractivity contribution in [2.45, 2.75) is 39.8 Å². The Morgan fingerprint density at radius 2 is 0.900 bits per heavy atom. The number of hydrogen-bond donors (Lipinski definition) is 2. The predicted molar refractivity (Wildman–Crippen MR) is 45.6 cm³/mol. The minimum Gasteiger partial charge on any atom is -0.326 e. The van der Waals surface area contributed by atoms with Gasteiger partial charge in [0.1, 0.15) is 0 Å². The van der Waals surface area contributed by atoms with Gasteiger partial charge in [-0.15, -0.1) is 0 Å². The Morgan fingerprint density at radius 1 is 0.700 bits per heavy atom. The molecular weight excluding hydrogens is 124 g/mol. The molecule has 0 fully saturated rings. The lowest BCUT2D eigenvalue weighted by atomic mass is 9.90. The van der Waals surface area contributed by atoms with Crippen molar-refractivity contribution < 1.29 is 0 Å². The zero-order chi connectivity index (χ0) is 8.31. The van der Waals surface area contributed by atoms with Gasteiger partial charge in [-0.3, -0.25) is 0 Å². The lowest BCUT2D eigenvalue weighted by molar-refractivity contribution is 0.348. The van der Waals surface area contributed by atoms with Crippen molar-refractivity contribution >= 4 is 0 Å². The molecule has 0 aromatic heterocycles. The molecule has 0 bridgehead atoms. The fourth-order valence-corrected chi connectivity index (χ4v) is 0.889. The molecule has 2 nitrogen and oxygen atoms in total. The Kier molecular flexibility index (Phi) is 3.91. The number of rotatable bonds is 3. The van der Waals surface area contributed by atoms with E-state index in [4.69, 9.17) is 11.5 Å². The molecule has 0 aromatic carbocycles. The fraction of sp³-hybridized carbons (Fsp3) is 1.00. The van der Waals surface area contributed by atoms with Crippen molar-refractivity contribution in [1.82, 2.24) is 0 Å². The van der Waals surface area contributed by atoms with Crippen LogP contribution in [0.25, 0.3) is 0 Å². The van der Waals surface area contributed by atoms with Gasteiger partial charge in [0, 0.05) is 12.1 Å². The highest BCUT2D eigenvalue weighted by Gasteiger charge is 2.18. The third-order valence-electron chi connectivity index (χ3n) is 1.98. The molecule has 0 radical (unpaired) electrons. The smallest absolute Gasteiger partial charge is 0.0218 e. The quantitative estimate of drug-likeness (QED) is 0.619. The molecular formula is C8H20N2. The minimum atomic E-state index is 0.139. The molecule has 0 aliphatic rings. The molecule has 2 atom stereocenters. The first kappa shape index (κ1) is 9.92. The highest BCUT2D eigenvalue weighted by molar-refractivity contribution is 4.80. The molecule has 0 heterocycles. The monoisotopic (exact) mass is 144 g/mol. The largest absolute Gasteiger partial charge is 0.326 e. The van der Waals surface area contributed by atoms with Crippen molar-refractivity contribution in [2.24, 2.45) is 23.3 Å². The van der Waals surface area contributed by atoms with Gasteiger partial charge in [-0.1, -0.05) is 27.7 Å². The number of nitrogens with two attached hydrogens (primary N) is 2. The van der Waals surface area contributed by atoms with Crippen LogP contribution in [0.1, 0.15) is 27.7 Å². The van der Waals surface area contributed by atoms with Crippen LogP contribution in [-0.4, -0.2) is 12.1 Å². The van der Waals surface area contributed by atoms with Gasteiger partial charge in [-0.05, 0) is 11.8 Å². The van der Waals surface area contributed by atoms with Crippen LogP contribution in [0.4, 0.5) is 0 Å². The second-order valence-electron chi connectivity index (χ2n) is 3.64. The van der Waals surface area contributed by atoms with Crippen LogP contribution in [0, 0.1) is 11.8 Å². The van der Waals surface area contributed by atoms with Crippen LogP contribution in [0.2, 0.25) is 0 Å². The van der Waals surface area contributed by atoms with Gasteiger partial charge in [-0.2, -0.15) is 0 Å². The minimum absolute atomic E-state index is 0.139. The van der Waals surface area contributed by atoms with Gasteiger partial charge in [0.15, 0.2) is 0 Å². The van der Waals surface area contributed by atoms with E-state index in [1.165, 1.54) is 0 Å². The third kappa shape index (κ3) is 2.67. The zero-order valence-electron chi connectivity index (χ0n) is 7.46. The van der Waals surface area contributed by atoms with E-state index < -0.39 is 0 Å². The van der Waals surface area contributed by atoms with Crippen molar-refractivity contribution in [2.75, 3.05) is 0 Å². The van der Waals surface area contributed by atoms with E-state index in [0.29, 0.717) is 11.8 Å². The second kappa shape index (κ2) is 3.94. The molecule has 0 aliphatic heterocycles. The first-order valence-electron chi connectivity index (χ1n) is 3.98. The van der Waals surface area contributed by atoms with Crippen molar-refractivity contribution in [3.8, 4) is 0 Å². The van der Waals surface area contributed by atoms with E-state index in [1.54, 1.807) is 0 Å². The van der Waals surface area contributed by atoms with Crippen molar-refractivity contribution in [3.63, 3.8) is 0 Å². The lowest BCUT2D eigenvalue weighted by Gasteiger charge is -2.26. The van der Waals surface area contributed by atoms with Crippen LogP contribution in [0.15, 0.2) is 0 Å². The SMILES string of the molecule is CC(C)[C@H](N)[C@@H](N)C(C)C. The third-order valence-corrected chi connectivity index (χ3v) is 1.98. The summed E-state index contributed by atoms with van der Waals surface area (Å²) in [5.41, 5.74) is 11.7. The van der Waals surface area contributed by atoms with E-state index in [9.17, 15) is 0 Å². The van der Waals surface area contributed by atoms with Crippen molar-refractivity contribution in [1.29, 1.82) is 0 Å². The summed E-state index contributed by atoms with van der Waals surface area (Å²) in [6.45, 7) is 8.42. The molecule has 10 heavy (non-hydrogen) atoms. The molecule has 0 amide bonds. The van der Waals surface area contributed by atoms with E-state index in [2.05, 4.69) is 27.7 Å². The van der Waals surface area contributed by atoms with E-state index in [-0.39, 0.29) is 12.1 Å². The van der Waals surface area contributed by atoms with Gasteiger partial charge in [-0.25, -0.2) is 0 Å². The molecule has 0 unspecified atom stereocenters. The molecule has 0 rings (SSSR count). The Hall–Kier alpha value is -0.0800. The summed E-state index contributed by atoms with van der Waals surface area (Å²) in [6.07, 6.45) is 0.